The van der Waals surface area contributed by atoms with Crippen molar-refractivity contribution in [2.24, 2.45) is 11.7 Å². The van der Waals surface area contributed by atoms with Gasteiger partial charge in [-0.05, 0) is 31.0 Å². The van der Waals surface area contributed by atoms with E-state index in [1.54, 1.807) is 0 Å². The molecule has 0 spiro atoms. The van der Waals surface area contributed by atoms with Crippen molar-refractivity contribution in [1.29, 1.82) is 0 Å². The quantitative estimate of drug-likeness (QED) is 0.637. The summed E-state index contributed by atoms with van der Waals surface area (Å²) in [6, 6.07) is 4.02. The Morgan fingerprint density at radius 3 is 2.70 bits per heavy atom. The van der Waals surface area contributed by atoms with Gasteiger partial charge in [-0.25, -0.2) is 4.39 Å². The molecule has 1 aliphatic rings. The van der Waals surface area contributed by atoms with Crippen molar-refractivity contribution in [3.05, 3.63) is 35.1 Å². The molecule has 108 valence electrons. The molecule has 0 atom stereocenters. The van der Waals surface area contributed by atoms with Gasteiger partial charge in [0.05, 0.1) is 0 Å². The summed E-state index contributed by atoms with van der Waals surface area (Å²) in [5.41, 5.74) is 5.81. The molecule has 1 fully saturated rings. The van der Waals surface area contributed by atoms with Crippen molar-refractivity contribution in [3.63, 3.8) is 0 Å². The van der Waals surface area contributed by atoms with E-state index in [1.807, 2.05) is 0 Å². The number of carbonyl (C=O) groups is 2. The fourth-order valence-electron chi connectivity index (χ4n) is 1.85. The Balaban J connectivity index is 1.74. The maximum Gasteiger partial charge on any atom is 0.248 e. The number of hydrogen-bond donors (Lipinski definition) is 3. The molecule has 0 aliphatic heterocycles. The Bertz CT molecular complexity index is 515. The van der Waals surface area contributed by atoms with E-state index in [2.05, 4.69) is 10.6 Å². The van der Waals surface area contributed by atoms with E-state index in [1.165, 1.54) is 18.2 Å². The van der Waals surface area contributed by atoms with Crippen LogP contribution in [0.4, 0.5) is 4.39 Å². The SMILES string of the molecule is NC(=O)c1ccc(F)c(CNCCNC(=O)C2CC2)c1. The lowest BCUT2D eigenvalue weighted by molar-refractivity contribution is -0.122. The largest absolute Gasteiger partial charge is 0.366 e. The third-order valence-electron chi connectivity index (χ3n) is 3.19. The van der Waals surface area contributed by atoms with Crippen LogP contribution in [-0.4, -0.2) is 24.9 Å². The zero-order valence-electron chi connectivity index (χ0n) is 11.1. The van der Waals surface area contributed by atoms with Crippen LogP contribution in [0.15, 0.2) is 18.2 Å². The second-order valence-electron chi connectivity index (χ2n) is 4.91. The van der Waals surface area contributed by atoms with Crippen molar-refractivity contribution in [2.45, 2.75) is 19.4 Å². The number of primary amides is 1. The van der Waals surface area contributed by atoms with Crippen LogP contribution >= 0.6 is 0 Å². The molecule has 1 aromatic carbocycles. The number of carbonyl (C=O) groups excluding carboxylic acids is 2. The number of nitrogens with two attached hydrogens (primary N) is 1. The first-order valence-corrected chi connectivity index (χ1v) is 6.64. The number of amides is 2. The van der Waals surface area contributed by atoms with Gasteiger partial charge in [-0.1, -0.05) is 0 Å². The molecule has 0 radical (unpaired) electrons. The average Bonchev–Trinajstić information content (AvgIpc) is 3.24. The van der Waals surface area contributed by atoms with Gasteiger partial charge in [-0.3, -0.25) is 9.59 Å². The Kier molecular flexibility index (Phi) is 4.68. The van der Waals surface area contributed by atoms with Gasteiger partial charge in [0.1, 0.15) is 5.82 Å². The van der Waals surface area contributed by atoms with Gasteiger partial charge in [0, 0.05) is 36.7 Å². The first-order valence-electron chi connectivity index (χ1n) is 6.64. The Morgan fingerprint density at radius 2 is 2.05 bits per heavy atom. The first kappa shape index (κ1) is 14.5. The molecule has 0 aromatic heterocycles. The zero-order chi connectivity index (χ0) is 14.5. The molecular formula is C14H18FN3O2. The minimum Gasteiger partial charge on any atom is -0.366 e. The first-order chi connectivity index (χ1) is 9.58. The van der Waals surface area contributed by atoms with Crippen LogP contribution in [0.1, 0.15) is 28.8 Å². The van der Waals surface area contributed by atoms with Gasteiger partial charge in [-0.2, -0.15) is 0 Å². The van der Waals surface area contributed by atoms with Gasteiger partial charge in [0.2, 0.25) is 11.8 Å². The van der Waals surface area contributed by atoms with Crippen molar-refractivity contribution < 1.29 is 14.0 Å². The predicted molar refractivity (Wildman–Crippen MR) is 72.4 cm³/mol. The molecule has 0 saturated heterocycles. The minimum absolute atomic E-state index is 0.0914. The smallest absolute Gasteiger partial charge is 0.248 e. The molecule has 4 N–H and O–H groups in total. The second kappa shape index (κ2) is 6.47. The van der Waals surface area contributed by atoms with Crippen LogP contribution in [0.5, 0.6) is 0 Å². The van der Waals surface area contributed by atoms with Gasteiger partial charge < -0.3 is 16.4 Å². The van der Waals surface area contributed by atoms with E-state index in [9.17, 15) is 14.0 Å². The van der Waals surface area contributed by atoms with Crippen LogP contribution < -0.4 is 16.4 Å². The summed E-state index contributed by atoms with van der Waals surface area (Å²) in [6.07, 6.45) is 1.95. The molecule has 0 heterocycles. The summed E-state index contributed by atoms with van der Waals surface area (Å²) in [5, 5.41) is 5.82. The summed E-state index contributed by atoms with van der Waals surface area (Å²) in [6.45, 7) is 1.33. The Labute approximate surface area is 116 Å². The number of benzene rings is 1. The second-order valence-corrected chi connectivity index (χ2v) is 4.91. The monoisotopic (exact) mass is 279 g/mol. The summed E-state index contributed by atoms with van der Waals surface area (Å²) in [7, 11) is 0. The number of hydrogen-bond acceptors (Lipinski definition) is 3. The molecule has 0 bridgehead atoms. The van der Waals surface area contributed by atoms with Gasteiger partial charge in [0.15, 0.2) is 0 Å². The molecule has 6 heteroatoms. The topological polar surface area (TPSA) is 84.2 Å². The maximum atomic E-state index is 13.5. The molecule has 0 unspecified atom stereocenters. The molecule has 1 aromatic rings. The normalized spacial score (nSPS) is 14.1. The van der Waals surface area contributed by atoms with Crippen LogP contribution in [0.2, 0.25) is 0 Å². The molecular weight excluding hydrogens is 261 g/mol. The fraction of sp³-hybridized carbons (Fsp3) is 0.429. The van der Waals surface area contributed by atoms with E-state index in [-0.39, 0.29) is 29.8 Å². The fourth-order valence-corrected chi connectivity index (χ4v) is 1.85. The maximum absolute atomic E-state index is 13.5. The summed E-state index contributed by atoms with van der Waals surface area (Å²) in [5.74, 6) is -0.680. The van der Waals surface area contributed by atoms with Crippen molar-refractivity contribution in [2.75, 3.05) is 13.1 Å². The highest BCUT2D eigenvalue weighted by Gasteiger charge is 2.28. The van der Waals surface area contributed by atoms with Crippen LogP contribution in [0.3, 0.4) is 0 Å². The van der Waals surface area contributed by atoms with Crippen LogP contribution in [0.25, 0.3) is 0 Å². The minimum atomic E-state index is -0.581. The van der Waals surface area contributed by atoms with E-state index in [4.69, 9.17) is 5.73 Å². The Morgan fingerprint density at radius 1 is 1.30 bits per heavy atom. The third-order valence-corrected chi connectivity index (χ3v) is 3.19. The molecule has 1 aliphatic carbocycles. The van der Waals surface area contributed by atoms with Crippen molar-refractivity contribution >= 4 is 11.8 Å². The lowest BCUT2D eigenvalue weighted by Gasteiger charge is -2.08. The standard InChI is InChI=1S/C14H18FN3O2/c15-12-4-3-10(13(16)19)7-11(12)8-17-5-6-18-14(20)9-1-2-9/h3-4,7,9,17H,1-2,5-6,8H2,(H2,16,19)(H,18,20). The Hall–Kier alpha value is -1.95. The number of halogens is 1. The summed E-state index contributed by atoms with van der Waals surface area (Å²) in [4.78, 5) is 22.4. The predicted octanol–water partition coefficient (Wildman–Crippen LogP) is 0.540. The van der Waals surface area contributed by atoms with Crippen LogP contribution in [-0.2, 0) is 11.3 Å². The van der Waals surface area contributed by atoms with Gasteiger partial charge in [-0.15, -0.1) is 0 Å². The number of rotatable bonds is 7. The molecule has 2 amide bonds. The van der Waals surface area contributed by atoms with E-state index < -0.39 is 5.91 Å². The third kappa shape index (κ3) is 4.03. The van der Waals surface area contributed by atoms with Gasteiger partial charge in [0.25, 0.3) is 0 Å². The van der Waals surface area contributed by atoms with Crippen molar-refractivity contribution in [3.8, 4) is 0 Å². The van der Waals surface area contributed by atoms with E-state index in [0.29, 0.717) is 18.7 Å². The highest BCUT2D eigenvalue weighted by atomic mass is 19.1. The number of nitrogens with one attached hydrogen (secondary N) is 2. The van der Waals surface area contributed by atoms with Crippen molar-refractivity contribution in [1.82, 2.24) is 10.6 Å². The van der Waals surface area contributed by atoms with E-state index >= 15 is 0 Å². The highest BCUT2D eigenvalue weighted by Crippen LogP contribution is 2.28. The van der Waals surface area contributed by atoms with E-state index in [0.717, 1.165) is 12.8 Å². The molecule has 20 heavy (non-hydrogen) atoms. The zero-order valence-corrected chi connectivity index (χ0v) is 11.1. The highest BCUT2D eigenvalue weighted by molar-refractivity contribution is 5.92. The van der Waals surface area contributed by atoms with Crippen LogP contribution in [0, 0.1) is 11.7 Å². The lowest BCUT2D eigenvalue weighted by Crippen LogP contribution is -2.32. The average molecular weight is 279 g/mol. The lowest BCUT2D eigenvalue weighted by atomic mass is 10.1. The van der Waals surface area contributed by atoms with Gasteiger partial charge >= 0.3 is 0 Å². The summed E-state index contributed by atoms with van der Waals surface area (Å²) >= 11 is 0. The molecule has 5 nitrogen and oxygen atoms in total. The molecule has 2 rings (SSSR count). The summed E-state index contributed by atoms with van der Waals surface area (Å²) < 4.78 is 13.5. The molecule has 1 saturated carbocycles.